The number of para-hydroxylation sites is 1. The van der Waals surface area contributed by atoms with Gasteiger partial charge < -0.3 is 16.4 Å². The number of anilines is 3. The van der Waals surface area contributed by atoms with Gasteiger partial charge in [-0.3, -0.25) is 9.69 Å². The summed E-state index contributed by atoms with van der Waals surface area (Å²) in [6, 6.07) is 14.9. The van der Waals surface area contributed by atoms with Crippen molar-refractivity contribution >= 4 is 29.5 Å². The smallest absolute Gasteiger partial charge is 0.325 e. The molecule has 4 rings (SSSR count). The molecule has 2 heterocycles. The number of amides is 3. The minimum atomic E-state index is -1.16. The monoisotopic (exact) mass is 445 g/mol. The average Bonchev–Trinajstić information content (AvgIpc) is 2.99. The lowest BCUT2D eigenvalue weighted by Gasteiger charge is -2.22. The number of nitrogens with two attached hydrogens (primary N) is 1. The Kier molecular flexibility index (Phi) is 5.95. The van der Waals surface area contributed by atoms with Gasteiger partial charge in [-0.15, -0.1) is 0 Å². The topological polar surface area (TPSA) is 126 Å². The maximum absolute atomic E-state index is 13.3. The summed E-state index contributed by atoms with van der Waals surface area (Å²) >= 11 is 0. The van der Waals surface area contributed by atoms with Gasteiger partial charge in [0, 0.05) is 5.69 Å². The molecule has 0 saturated carbocycles. The summed E-state index contributed by atoms with van der Waals surface area (Å²) in [5, 5.41) is 5.93. The molecule has 1 atom stereocenters. The number of nitrogens with zero attached hydrogens (tertiary/aromatic N) is 4. The van der Waals surface area contributed by atoms with E-state index >= 15 is 0 Å². The second-order valence-electron chi connectivity index (χ2n) is 8.27. The third-order valence-electron chi connectivity index (χ3n) is 5.74. The van der Waals surface area contributed by atoms with E-state index in [1.165, 1.54) is 5.56 Å². The predicted molar refractivity (Wildman–Crippen MR) is 126 cm³/mol. The Bertz CT molecular complexity index is 1200. The molecule has 1 aromatic heterocycles. The van der Waals surface area contributed by atoms with E-state index in [-0.39, 0.29) is 30.2 Å². The van der Waals surface area contributed by atoms with E-state index in [1.807, 2.05) is 55.5 Å². The molecule has 0 bridgehead atoms. The van der Waals surface area contributed by atoms with Crippen LogP contribution in [0.4, 0.5) is 22.4 Å². The van der Waals surface area contributed by atoms with E-state index in [0.717, 1.165) is 34.6 Å². The quantitative estimate of drug-likeness (QED) is 0.476. The zero-order valence-electron chi connectivity index (χ0n) is 18.9. The number of aromatic nitrogens is 3. The van der Waals surface area contributed by atoms with Crippen molar-refractivity contribution in [2.45, 2.75) is 45.7 Å². The van der Waals surface area contributed by atoms with Crippen LogP contribution in [0, 0.1) is 6.92 Å². The third kappa shape index (κ3) is 4.48. The largest absolute Gasteiger partial charge is 0.368 e. The van der Waals surface area contributed by atoms with E-state index < -0.39 is 11.6 Å². The highest BCUT2D eigenvalue weighted by Gasteiger charge is 2.49. The highest BCUT2D eigenvalue weighted by Crippen LogP contribution is 2.30. The summed E-state index contributed by atoms with van der Waals surface area (Å²) < 4.78 is 0. The molecule has 170 valence electrons. The molecule has 3 aromatic rings. The first-order valence-electron chi connectivity index (χ1n) is 10.9. The van der Waals surface area contributed by atoms with Crippen LogP contribution in [-0.2, 0) is 23.3 Å². The molecule has 1 saturated heterocycles. The van der Waals surface area contributed by atoms with Crippen LogP contribution in [0.5, 0.6) is 0 Å². The van der Waals surface area contributed by atoms with Crippen LogP contribution in [0.2, 0.25) is 0 Å². The zero-order valence-corrected chi connectivity index (χ0v) is 18.9. The van der Waals surface area contributed by atoms with E-state index in [2.05, 4.69) is 32.5 Å². The molecule has 0 radical (unpaired) electrons. The van der Waals surface area contributed by atoms with Crippen molar-refractivity contribution in [2.24, 2.45) is 0 Å². The summed E-state index contributed by atoms with van der Waals surface area (Å²) in [6.45, 7) is 5.65. The third-order valence-corrected chi connectivity index (χ3v) is 5.74. The van der Waals surface area contributed by atoms with Crippen LogP contribution in [0.15, 0.2) is 48.5 Å². The van der Waals surface area contributed by atoms with Gasteiger partial charge in [0.2, 0.25) is 11.9 Å². The Morgan fingerprint density at radius 2 is 1.79 bits per heavy atom. The van der Waals surface area contributed by atoms with Gasteiger partial charge in [-0.05, 0) is 43.0 Å². The number of imide groups is 1. The second kappa shape index (κ2) is 8.85. The molecule has 2 aromatic carbocycles. The number of carbonyl (C=O) groups excluding carboxylic acids is 2. The lowest BCUT2D eigenvalue weighted by Crippen LogP contribution is -2.40. The molecule has 9 nitrogen and oxygen atoms in total. The Hall–Kier alpha value is -4.01. The second-order valence-corrected chi connectivity index (χ2v) is 8.27. The summed E-state index contributed by atoms with van der Waals surface area (Å²) in [6.07, 6.45) is 2.00. The van der Waals surface area contributed by atoms with Crippen molar-refractivity contribution in [2.75, 3.05) is 11.1 Å². The number of carbonyl (C=O) groups is 2. The van der Waals surface area contributed by atoms with Crippen molar-refractivity contribution < 1.29 is 9.59 Å². The van der Waals surface area contributed by atoms with Gasteiger partial charge in [0.05, 0.1) is 6.54 Å². The van der Waals surface area contributed by atoms with Gasteiger partial charge >= 0.3 is 6.03 Å². The van der Waals surface area contributed by atoms with E-state index in [1.54, 1.807) is 6.92 Å². The van der Waals surface area contributed by atoms with Crippen molar-refractivity contribution in [1.29, 1.82) is 0 Å². The standard InChI is InChI=1S/C24H27N7O2/c1-4-7-16-10-12-17(13-11-16)24(3)20(32)31(23(33)30-24)14-19-27-21(25)29-22(28-19)26-18-9-6-5-8-15(18)2/h5-6,8-13H,4,7,14H2,1-3H3,(H,30,33)(H3,25,26,27,28,29)/t24-/m1/s1. The summed E-state index contributed by atoms with van der Waals surface area (Å²) in [5.74, 6) is 0.0818. The lowest BCUT2D eigenvalue weighted by atomic mass is 9.91. The molecule has 1 aliphatic heterocycles. The van der Waals surface area contributed by atoms with Crippen LogP contribution < -0.4 is 16.4 Å². The fourth-order valence-electron chi connectivity index (χ4n) is 3.87. The number of aryl methyl sites for hydroxylation is 2. The normalized spacial score (nSPS) is 17.8. The minimum Gasteiger partial charge on any atom is -0.368 e. The first kappa shape index (κ1) is 22.2. The van der Waals surface area contributed by atoms with Crippen molar-refractivity contribution in [3.05, 3.63) is 71.0 Å². The average molecular weight is 446 g/mol. The van der Waals surface area contributed by atoms with Gasteiger partial charge in [-0.1, -0.05) is 55.8 Å². The number of benzene rings is 2. The van der Waals surface area contributed by atoms with Crippen LogP contribution >= 0.6 is 0 Å². The van der Waals surface area contributed by atoms with Gasteiger partial charge in [0.1, 0.15) is 5.54 Å². The number of nitrogens with one attached hydrogen (secondary N) is 2. The number of hydrogen-bond acceptors (Lipinski definition) is 7. The maximum atomic E-state index is 13.3. The van der Waals surface area contributed by atoms with Crippen LogP contribution in [0.25, 0.3) is 0 Å². The van der Waals surface area contributed by atoms with E-state index in [0.29, 0.717) is 0 Å². The predicted octanol–water partition coefficient (Wildman–Crippen LogP) is 3.43. The first-order valence-corrected chi connectivity index (χ1v) is 10.9. The van der Waals surface area contributed by atoms with Crippen LogP contribution in [0.3, 0.4) is 0 Å². The number of hydrogen-bond donors (Lipinski definition) is 3. The van der Waals surface area contributed by atoms with Crippen molar-refractivity contribution in [1.82, 2.24) is 25.2 Å². The van der Waals surface area contributed by atoms with Crippen LogP contribution in [-0.4, -0.2) is 31.8 Å². The van der Waals surface area contributed by atoms with E-state index in [4.69, 9.17) is 5.73 Å². The number of urea groups is 1. The van der Waals surface area contributed by atoms with Gasteiger partial charge in [-0.2, -0.15) is 15.0 Å². The highest BCUT2D eigenvalue weighted by atomic mass is 16.2. The van der Waals surface area contributed by atoms with E-state index in [9.17, 15) is 9.59 Å². The molecule has 33 heavy (non-hydrogen) atoms. The molecule has 9 heteroatoms. The van der Waals surface area contributed by atoms with Crippen LogP contribution in [0.1, 0.15) is 42.8 Å². The first-order chi connectivity index (χ1) is 15.8. The molecule has 1 fully saturated rings. The Morgan fingerprint density at radius 3 is 2.48 bits per heavy atom. The Labute approximate surface area is 192 Å². The lowest BCUT2D eigenvalue weighted by molar-refractivity contribution is -0.131. The molecular weight excluding hydrogens is 418 g/mol. The van der Waals surface area contributed by atoms with Crippen molar-refractivity contribution in [3.63, 3.8) is 0 Å². The fourth-order valence-corrected chi connectivity index (χ4v) is 3.87. The molecule has 4 N–H and O–H groups in total. The molecule has 3 amide bonds. The highest BCUT2D eigenvalue weighted by molar-refractivity contribution is 6.07. The minimum absolute atomic E-state index is 0.00240. The molecule has 0 aliphatic carbocycles. The van der Waals surface area contributed by atoms with Gasteiger partial charge in [0.15, 0.2) is 5.82 Å². The zero-order chi connectivity index (χ0) is 23.6. The van der Waals surface area contributed by atoms with Crippen molar-refractivity contribution in [3.8, 4) is 0 Å². The molecule has 1 aliphatic rings. The van der Waals surface area contributed by atoms with Gasteiger partial charge in [0.25, 0.3) is 5.91 Å². The maximum Gasteiger partial charge on any atom is 0.325 e. The molecular formula is C24H27N7O2. The number of rotatable bonds is 7. The summed E-state index contributed by atoms with van der Waals surface area (Å²) in [5.41, 5.74) is 8.45. The van der Waals surface area contributed by atoms with Gasteiger partial charge in [-0.25, -0.2) is 4.79 Å². The SMILES string of the molecule is CCCc1ccc([C@@]2(C)NC(=O)N(Cc3nc(N)nc(Nc4ccccc4C)n3)C2=O)cc1. The summed E-state index contributed by atoms with van der Waals surface area (Å²) in [7, 11) is 0. The Balaban J connectivity index is 1.55. The molecule has 0 unspecified atom stereocenters. The number of nitrogen functional groups attached to an aromatic ring is 1. The fraction of sp³-hybridized carbons (Fsp3) is 0.292. The summed E-state index contributed by atoms with van der Waals surface area (Å²) in [4.78, 5) is 39.7. The Morgan fingerprint density at radius 1 is 1.06 bits per heavy atom. The molecule has 0 spiro atoms.